The molecule has 0 spiro atoms. The van der Waals surface area contributed by atoms with E-state index < -0.39 is 0 Å². The van der Waals surface area contributed by atoms with Crippen LogP contribution >= 0.6 is 0 Å². The maximum Gasteiger partial charge on any atom is 0.319 e. The molecular weight excluding hydrogens is 233 g/mol. The van der Waals surface area contributed by atoms with Gasteiger partial charge in [0.05, 0.1) is 0 Å². The molecule has 0 aromatic heterocycles. The molecule has 4 nitrogen and oxygen atoms in total. The molecule has 1 unspecified atom stereocenters. The summed E-state index contributed by atoms with van der Waals surface area (Å²) in [6.45, 7) is 3.29. The molecular formula is C13H20FN3O. The van der Waals surface area contributed by atoms with Crippen LogP contribution in [0.1, 0.15) is 19.8 Å². The predicted octanol–water partition coefficient (Wildman–Crippen LogP) is 2.32. The minimum Gasteiger partial charge on any atom is -0.338 e. The van der Waals surface area contributed by atoms with Crippen molar-refractivity contribution in [2.75, 3.05) is 18.4 Å². The van der Waals surface area contributed by atoms with Crippen LogP contribution in [-0.2, 0) is 0 Å². The zero-order chi connectivity index (χ0) is 13.4. The van der Waals surface area contributed by atoms with E-state index in [4.69, 9.17) is 5.73 Å². The highest BCUT2D eigenvalue weighted by Gasteiger charge is 2.07. The maximum atomic E-state index is 12.7. The first-order chi connectivity index (χ1) is 8.65. The molecule has 2 amide bonds. The van der Waals surface area contributed by atoms with Crippen molar-refractivity contribution < 1.29 is 9.18 Å². The standard InChI is InChI=1S/C13H20FN3O/c1-2-10(7-8-15)9-16-13(18)17-12-5-3-11(14)4-6-12/h3-6,10H,2,7-9,15H2,1H3,(H2,16,17,18). The molecule has 18 heavy (non-hydrogen) atoms. The summed E-state index contributed by atoms with van der Waals surface area (Å²) in [5, 5.41) is 5.42. The smallest absolute Gasteiger partial charge is 0.319 e. The second-order valence-electron chi connectivity index (χ2n) is 4.19. The predicted molar refractivity (Wildman–Crippen MR) is 70.9 cm³/mol. The zero-order valence-corrected chi connectivity index (χ0v) is 10.6. The van der Waals surface area contributed by atoms with Gasteiger partial charge in [-0.05, 0) is 43.1 Å². The lowest BCUT2D eigenvalue weighted by Gasteiger charge is -2.15. The van der Waals surface area contributed by atoms with Crippen molar-refractivity contribution in [3.8, 4) is 0 Å². The Morgan fingerprint density at radius 1 is 1.39 bits per heavy atom. The normalized spacial score (nSPS) is 11.9. The average Bonchev–Trinajstić information content (AvgIpc) is 2.37. The fraction of sp³-hybridized carbons (Fsp3) is 0.462. The monoisotopic (exact) mass is 253 g/mol. The van der Waals surface area contributed by atoms with Crippen molar-refractivity contribution in [2.24, 2.45) is 11.7 Å². The van der Waals surface area contributed by atoms with E-state index in [0.717, 1.165) is 12.8 Å². The quantitative estimate of drug-likeness (QED) is 0.728. The first kappa shape index (κ1) is 14.4. The minimum absolute atomic E-state index is 0.280. The molecule has 0 aliphatic rings. The Hall–Kier alpha value is -1.62. The fourth-order valence-corrected chi connectivity index (χ4v) is 1.63. The summed E-state index contributed by atoms with van der Waals surface area (Å²) in [5.74, 6) is 0.0731. The van der Waals surface area contributed by atoms with Gasteiger partial charge in [0.2, 0.25) is 0 Å². The van der Waals surface area contributed by atoms with Gasteiger partial charge in [-0.25, -0.2) is 9.18 Å². The van der Waals surface area contributed by atoms with Crippen LogP contribution in [0, 0.1) is 11.7 Å². The Balaban J connectivity index is 2.35. The van der Waals surface area contributed by atoms with Crippen molar-refractivity contribution in [3.05, 3.63) is 30.1 Å². The van der Waals surface area contributed by atoms with Crippen LogP contribution in [0.4, 0.5) is 14.9 Å². The lowest BCUT2D eigenvalue weighted by atomic mass is 10.0. The first-order valence-electron chi connectivity index (χ1n) is 6.16. The van der Waals surface area contributed by atoms with Crippen LogP contribution in [0.3, 0.4) is 0 Å². The minimum atomic E-state index is -0.324. The highest BCUT2D eigenvalue weighted by atomic mass is 19.1. The second-order valence-corrected chi connectivity index (χ2v) is 4.19. The molecule has 0 aliphatic carbocycles. The molecule has 0 aliphatic heterocycles. The number of anilines is 1. The van der Waals surface area contributed by atoms with Crippen molar-refractivity contribution in [3.63, 3.8) is 0 Å². The third kappa shape index (κ3) is 5.14. The number of halogens is 1. The van der Waals surface area contributed by atoms with Gasteiger partial charge in [-0.3, -0.25) is 0 Å². The summed E-state index contributed by atoms with van der Waals surface area (Å²) in [4.78, 5) is 11.6. The summed E-state index contributed by atoms with van der Waals surface area (Å²) in [5.41, 5.74) is 6.06. The second kappa shape index (κ2) is 7.66. The molecule has 100 valence electrons. The van der Waals surface area contributed by atoms with Gasteiger partial charge in [0.25, 0.3) is 0 Å². The number of carbonyl (C=O) groups is 1. The summed E-state index contributed by atoms with van der Waals surface area (Å²) < 4.78 is 12.7. The number of carbonyl (C=O) groups excluding carboxylic acids is 1. The Labute approximate surface area is 107 Å². The fourth-order valence-electron chi connectivity index (χ4n) is 1.63. The molecule has 0 bridgehead atoms. The van der Waals surface area contributed by atoms with E-state index in [9.17, 15) is 9.18 Å². The lowest BCUT2D eigenvalue weighted by Crippen LogP contribution is -2.33. The average molecular weight is 253 g/mol. The van der Waals surface area contributed by atoms with Gasteiger partial charge in [-0.15, -0.1) is 0 Å². The van der Waals surface area contributed by atoms with Crippen LogP contribution < -0.4 is 16.4 Å². The largest absolute Gasteiger partial charge is 0.338 e. The summed E-state index contributed by atoms with van der Waals surface area (Å²) in [6, 6.07) is 5.37. The van der Waals surface area contributed by atoms with Gasteiger partial charge in [0.15, 0.2) is 0 Å². The zero-order valence-electron chi connectivity index (χ0n) is 10.6. The number of hydrogen-bond donors (Lipinski definition) is 3. The van der Waals surface area contributed by atoms with Crippen LogP contribution in [0.5, 0.6) is 0 Å². The Kier molecular flexibility index (Phi) is 6.14. The summed E-state index contributed by atoms with van der Waals surface area (Å²) in [7, 11) is 0. The number of rotatable bonds is 6. The Morgan fingerprint density at radius 2 is 2.06 bits per heavy atom. The van der Waals surface area contributed by atoms with Crippen molar-refractivity contribution in [1.82, 2.24) is 5.32 Å². The van der Waals surface area contributed by atoms with Crippen molar-refractivity contribution >= 4 is 11.7 Å². The van der Waals surface area contributed by atoms with E-state index in [0.29, 0.717) is 24.7 Å². The molecule has 4 N–H and O–H groups in total. The van der Waals surface area contributed by atoms with Crippen LogP contribution in [-0.4, -0.2) is 19.1 Å². The maximum absolute atomic E-state index is 12.7. The van der Waals surface area contributed by atoms with Crippen LogP contribution in [0.25, 0.3) is 0 Å². The Morgan fingerprint density at radius 3 is 2.61 bits per heavy atom. The molecule has 0 radical (unpaired) electrons. The van der Waals surface area contributed by atoms with E-state index in [1.807, 2.05) is 0 Å². The number of amides is 2. The topological polar surface area (TPSA) is 67.1 Å². The van der Waals surface area contributed by atoms with Gasteiger partial charge >= 0.3 is 6.03 Å². The SMILES string of the molecule is CCC(CCN)CNC(=O)Nc1ccc(F)cc1. The van der Waals surface area contributed by atoms with Crippen LogP contribution in [0.15, 0.2) is 24.3 Å². The molecule has 1 atom stereocenters. The highest BCUT2D eigenvalue weighted by molar-refractivity contribution is 5.89. The van der Waals surface area contributed by atoms with Crippen LogP contribution in [0.2, 0.25) is 0 Å². The van der Waals surface area contributed by atoms with E-state index in [2.05, 4.69) is 17.6 Å². The third-order valence-corrected chi connectivity index (χ3v) is 2.81. The Bertz CT molecular complexity index is 367. The third-order valence-electron chi connectivity index (χ3n) is 2.81. The number of urea groups is 1. The molecule has 1 rings (SSSR count). The molecule has 0 saturated carbocycles. The van der Waals surface area contributed by atoms with Gasteiger partial charge < -0.3 is 16.4 Å². The molecule has 5 heteroatoms. The molecule has 0 saturated heterocycles. The van der Waals surface area contributed by atoms with Gasteiger partial charge in [0, 0.05) is 12.2 Å². The number of nitrogens with one attached hydrogen (secondary N) is 2. The van der Waals surface area contributed by atoms with Gasteiger partial charge in [0.1, 0.15) is 5.82 Å². The van der Waals surface area contributed by atoms with E-state index in [-0.39, 0.29) is 11.8 Å². The summed E-state index contributed by atoms with van der Waals surface area (Å²) in [6.07, 6.45) is 1.88. The van der Waals surface area contributed by atoms with E-state index >= 15 is 0 Å². The molecule has 1 aromatic carbocycles. The first-order valence-corrected chi connectivity index (χ1v) is 6.16. The summed E-state index contributed by atoms with van der Waals surface area (Å²) >= 11 is 0. The number of nitrogens with two attached hydrogens (primary N) is 1. The number of benzene rings is 1. The number of hydrogen-bond acceptors (Lipinski definition) is 2. The molecule has 0 heterocycles. The van der Waals surface area contributed by atoms with E-state index in [1.165, 1.54) is 24.3 Å². The van der Waals surface area contributed by atoms with E-state index in [1.54, 1.807) is 0 Å². The lowest BCUT2D eigenvalue weighted by molar-refractivity contribution is 0.249. The van der Waals surface area contributed by atoms with Crippen molar-refractivity contribution in [2.45, 2.75) is 19.8 Å². The highest BCUT2D eigenvalue weighted by Crippen LogP contribution is 2.08. The van der Waals surface area contributed by atoms with Crippen molar-refractivity contribution in [1.29, 1.82) is 0 Å². The molecule has 1 aromatic rings. The molecule has 0 fully saturated rings. The van der Waals surface area contributed by atoms with Gasteiger partial charge in [-0.1, -0.05) is 13.3 Å². The van der Waals surface area contributed by atoms with Gasteiger partial charge in [-0.2, -0.15) is 0 Å².